The van der Waals surface area contributed by atoms with Crippen LogP contribution < -0.4 is 0 Å². The molecule has 0 unspecified atom stereocenters. The van der Waals surface area contributed by atoms with E-state index in [9.17, 15) is 9.59 Å². The monoisotopic (exact) mass is 403 g/mol. The Balaban J connectivity index is 1.56. The molecule has 0 aliphatic carbocycles. The first-order chi connectivity index (χ1) is 14.4. The zero-order chi connectivity index (χ0) is 21.5. The van der Waals surface area contributed by atoms with Gasteiger partial charge in [0.05, 0.1) is 6.61 Å². The molecular weight excluding hydrogens is 378 g/mol. The van der Waals surface area contributed by atoms with E-state index in [2.05, 4.69) is 0 Å². The van der Waals surface area contributed by atoms with Crippen molar-refractivity contribution >= 4 is 17.8 Å². The molecule has 154 valence electrons. The van der Waals surface area contributed by atoms with E-state index in [0.29, 0.717) is 17.7 Å². The van der Waals surface area contributed by atoms with Gasteiger partial charge in [-0.25, -0.2) is 4.79 Å². The molecule has 0 bridgehead atoms. The predicted octanol–water partition coefficient (Wildman–Crippen LogP) is 4.58. The van der Waals surface area contributed by atoms with Crippen LogP contribution in [0, 0.1) is 6.92 Å². The highest BCUT2D eigenvalue weighted by atomic mass is 16.5. The molecule has 0 aliphatic heterocycles. The lowest BCUT2D eigenvalue weighted by Gasteiger charge is -2.05. The first kappa shape index (κ1) is 21.3. The number of ether oxygens (including phenoxy) is 1. The van der Waals surface area contributed by atoms with Gasteiger partial charge in [-0.2, -0.15) is 0 Å². The van der Waals surface area contributed by atoms with E-state index in [0.717, 1.165) is 16.7 Å². The number of hydrogen-bond donors (Lipinski definition) is 1. The lowest BCUT2D eigenvalue weighted by Crippen LogP contribution is -2.19. The first-order valence-electron chi connectivity index (χ1n) is 9.79. The number of rotatable bonds is 9. The molecule has 0 aliphatic rings. The highest BCUT2D eigenvalue weighted by molar-refractivity contribution is 6.08. The normalized spacial score (nSPS) is 12.2. The Morgan fingerprint density at radius 3 is 2.40 bits per heavy atom. The van der Waals surface area contributed by atoms with Gasteiger partial charge in [0.15, 0.2) is 11.9 Å². The van der Waals surface area contributed by atoms with Gasteiger partial charge in [0.25, 0.3) is 0 Å². The molecule has 0 saturated carbocycles. The number of hydrogen-bond acceptors (Lipinski definition) is 3. The number of aromatic nitrogens is 1. The molecule has 1 heterocycles. The fourth-order valence-corrected chi connectivity index (χ4v) is 2.95. The number of aryl methyl sites for hydroxylation is 1. The summed E-state index contributed by atoms with van der Waals surface area (Å²) in [6.07, 6.45) is 6.66. The van der Waals surface area contributed by atoms with E-state index in [1.165, 1.54) is 6.92 Å². The summed E-state index contributed by atoms with van der Waals surface area (Å²) < 4.78 is 7.16. The van der Waals surface area contributed by atoms with Crippen LogP contribution in [-0.4, -0.2) is 34.1 Å². The van der Waals surface area contributed by atoms with Crippen LogP contribution in [0.25, 0.3) is 6.08 Å². The Hall–Kier alpha value is -3.44. The van der Waals surface area contributed by atoms with E-state index in [4.69, 9.17) is 9.84 Å². The Kier molecular flexibility index (Phi) is 6.99. The predicted molar refractivity (Wildman–Crippen MR) is 117 cm³/mol. The number of carbonyl (C=O) groups is 2. The molecule has 5 heteroatoms. The fourth-order valence-electron chi connectivity index (χ4n) is 2.95. The summed E-state index contributed by atoms with van der Waals surface area (Å²) in [7, 11) is 0. The van der Waals surface area contributed by atoms with Crippen molar-refractivity contribution in [2.45, 2.75) is 26.5 Å². The summed E-state index contributed by atoms with van der Waals surface area (Å²) in [6.45, 7) is 4.42. The topological polar surface area (TPSA) is 68.5 Å². The van der Waals surface area contributed by atoms with E-state index in [-0.39, 0.29) is 12.4 Å². The van der Waals surface area contributed by atoms with Crippen LogP contribution in [0.15, 0.2) is 73.1 Å². The van der Waals surface area contributed by atoms with Crippen LogP contribution in [0.2, 0.25) is 0 Å². The lowest BCUT2D eigenvalue weighted by atomic mass is 10.0. The second kappa shape index (κ2) is 9.85. The van der Waals surface area contributed by atoms with Crippen LogP contribution in [0.4, 0.5) is 0 Å². The SMILES string of the molecule is Cc1ccc(C(=O)c2ccn(Cc3ccc(C=CCO[C@H](C)C(=O)O)cc3)c2)cc1. The number of benzene rings is 2. The highest BCUT2D eigenvalue weighted by Gasteiger charge is 2.11. The van der Waals surface area contributed by atoms with Crippen molar-refractivity contribution in [1.82, 2.24) is 4.57 Å². The molecule has 0 spiro atoms. The van der Waals surface area contributed by atoms with Gasteiger partial charge in [0, 0.05) is 30.1 Å². The molecule has 3 rings (SSSR count). The summed E-state index contributed by atoms with van der Waals surface area (Å²) in [4.78, 5) is 23.3. The Labute approximate surface area is 176 Å². The molecule has 3 aromatic rings. The largest absolute Gasteiger partial charge is 0.479 e. The maximum absolute atomic E-state index is 12.6. The molecule has 30 heavy (non-hydrogen) atoms. The van der Waals surface area contributed by atoms with Crippen molar-refractivity contribution in [2.24, 2.45) is 0 Å². The lowest BCUT2D eigenvalue weighted by molar-refractivity contribution is -0.148. The van der Waals surface area contributed by atoms with Gasteiger partial charge >= 0.3 is 5.97 Å². The standard InChI is InChI=1S/C25H25NO4/c1-18-5-11-22(12-6-18)24(27)23-13-14-26(17-23)16-21-9-7-20(8-10-21)4-3-15-30-19(2)25(28)29/h3-14,17,19H,15-16H2,1-2H3,(H,28,29)/t19-/m1/s1. The summed E-state index contributed by atoms with van der Waals surface area (Å²) in [6, 6.07) is 17.5. The zero-order valence-electron chi connectivity index (χ0n) is 17.1. The molecule has 0 amide bonds. The van der Waals surface area contributed by atoms with Crippen molar-refractivity contribution < 1.29 is 19.4 Å². The van der Waals surface area contributed by atoms with Crippen LogP contribution in [0.5, 0.6) is 0 Å². The van der Waals surface area contributed by atoms with Crippen molar-refractivity contribution in [3.8, 4) is 0 Å². The number of nitrogens with zero attached hydrogens (tertiary/aromatic N) is 1. The summed E-state index contributed by atoms with van der Waals surface area (Å²) in [5.41, 5.74) is 4.62. The van der Waals surface area contributed by atoms with E-state index in [1.807, 2.05) is 84.6 Å². The molecule has 1 N–H and O–H groups in total. The Bertz CT molecular complexity index is 1030. The molecule has 0 radical (unpaired) electrons. The third-order valence-corrected chi connectivity index (χ3v) is 4.77. The second-order valence-electron chi connectivity index (χ2n) is 7.23. The smallest absolute Gasteiger partial charge is 0.332 e. The summed E-state index contributed by atoms with van der Waals surface area (Å²) in [5, 5.41) is 8.78. The average molecular weight is 403 g/mol. The van der Waals surface area contributed by atoms with Crippen LogP contribution >= 0.6 is 0 Å². The van der Waals surface area contributed by atoms with Crippen molar-refractivity contribution in [2.75, 3.05) is 6.61 Å². The molecule has 1 aromatic heterocycles. The minimum absolute atomic E-state index is 0.0219. The Morgan fingerprint density at radius 1 is 1.03 bits per heavy atom. The number of aliphatic carboxylic acids is 1. The van der Waals surface area contributed by atoms with Crippen molar-refractivity contribution in [1.29, 1.82) is 0 Å². The van der Waals surface area contributed by atoms with E-state index >= 15 is 0 Å². The van der Waals surface area contributed by atoms with Gasteiger partial charge in [-0.3, -0.25) is 4.79 Å². The number of ketones is 1. The van der Waals surface area contributed by atoms with Crippen molar-refractivity contribution in [3.05, 3.63) is 101 Å². The third kappa shape index (κ3) is 5.78. The molecule has 1 atom stereocenters. The average Bonchev–Trinajstić information content (AvgIpc) is 3.20. The van der Waals surface area contributed by atoms with Gasteiger partial charge in [0.1, 0.15) is 0 Å². The van der Waals surface area contributed by atoms with Gasteiger partial charge in [0.2, 0.25) is 0 Å². The van der Waals surface area contributed by atoms with Gasteiger partial charge < -0.3 is 14.4 Å². The number of carbonyl (C=O) groups excluding carboxylic acids is 1. The summed E-state index contributed by atoms with van der Waals surface area (Å²) >= 11 is 0. The first-order valence-corrected chi connectivity index (χ1v) is 9.79. The highest BCUT2D eigenvalue weighted by Crippen LogP contribution is 2.14. The zero-order valence-corrected chi connectivity index (χ0v) is 17.1. The maximum atomic E-state index is 12.6. The minimum atomic E-state index is -0.971. The molecule has 0 saturated heterocycles. The van der Waals surface area contributed by atoms with Crippen LogP contribution in [0.3, 0.4) is 0 Å². The molecule has 2 aromatic carbocycles. The number of carboxylic acids is 1. The third-order valence-electron chi connectivity index (χ3n) is 4.77. The molecular formula is C25H25NO4. The molecule has 0 fully saturated rings. The van der Waals surface area contributed by atoms with Crippen LogP contribution in [-0.2, 0) is 16.1 Å². The van der Waals surface area contributed by atoms with Crippen LogP contribution in [0.1, 0.15) is 39.5 Å². The second-order valence-corrected chi connectivity index (χ2v) is 7.23. The van der Waals surface area contributed by atoms with Gasteiger partial charge in [-0.05, 0) is 31.0 Å². The van der Waals surface area contributed by atoms with Gasteiger partial charge in [-0.15, -0.1) is 0 Å². The summed E-state index contributed by atoms with van der Waals surface area (Å²) in [5.74, 6) is -0.949. The molecule has 5 nitrogen and oxygen atoms in total. The minimum Gasteiger partial charge on any atom is -0.479 e. The van der Waals surface area contributed by atoms with E-state index in [1.54, 1.807) is 6.08 Å². The maximum Gasteiger partial charge on any atom is 0.332 e. The van der Waals surface area contributed by atoms with Crippen molar-refractivity contribution in [3.63, 3.8) is 0 Å². The van der Waals surface area contributed by atoms with Gasteiger partial charge in [-0.1, -0.05) is 66.2 Å². The van der Waals surface area contributed by atoms with E-state index < -0.39 is 12.1 Å². The Morgan fingerprint density at radius 2 is 1.73 bits per heavy atom. The number of carboxylic acid groups (broad SMARTS) is 1. The fraction of sp³-hybridized carbons (Fsp3) is 0.200. The quantitative estimate of drug-likeness (QED) is 0.531.